The second-order valence-corrected chi connectivity index (χ2v) is 9.39. The number of carbonyl (C=O) groups is 5. The smallest absolute Gasteiger partial charge is 0.246 e. The predicted molar refractivity (Wildman–Crippen MR) is 120 cm³/mol. The Morgan fingerprint density at radius 2 is 1.69 bits per heavy atom. The Hall–Kier alpha value is -2.30. The minimum Gasteiger partial charge on any atom is -0.353 e. The number of carbonyl (C=O) groups excluding carboxylic acids is 5. The van der Waals surface area contributed by atoms with Crippen molar-refractivity contribution in [3.63, 3.8) is 0 Å². The molecule has 178 valence electrons. The molecule has 0 aromatic carbocycles. The number of fused-ring (bicyclic) bond motifs is 2. The van der Waals surface area contributed by atoms with Crippen LogP contribution < -0.4 is 16.0 Å². The van der Waals surface area contributed by atoms with Crippen molar-refractivity contribution in [1.82, 2.24) is 25.8 Å². The Kier molecular flexibility index (Phi) is 8.02. The minimum absolute atomic E-state index is 0.232. The highest BCUT2D eigenvalue weighted by Gasteiger charge is 2.44. The van der Waals surface area contributed by atoms with E-state index in [0.29, 0.717) is 44.5 Å². The molecule has 3 N–H and O–H groups in total. The van der Waals surface area contributed by atoms with Crippen molar-refractivity contribution in [2.24, 2.45) is 5.92 Å². The number of amides is 5. The van der Waals surface area contributed by atoms with Crippen molar-refractivity contribution < 1.29 is 24.0 Å². The van der Waals surface area contributed by atoms with Crippen LogP contribution in [0.1, 0.15) is 46.0 Å². The lowest BCUT2D eigenvalue weighted by atomic mass is 10.0. The molecule has 0 unspecified atom stereocenters. The largest absolute Gasteiger partial charge is 0.353 e. The minimum atomic E-state index is -1.11. The van der Waals surface area contributed by atoms with Crippen molar-refractivity contribution in [3.05, 3.63) is 0 Å². The van der Waals surface area contributed by atoms with Gasteiger partial charge in [0.25, 0.3) is 0 Å². The van der Waals surface area contributed by atoms with Gasteiger partial charge in [-0.2, -0.15) is 12.6 Å². The van der Waals surface area contributed by atoms with Gasteiger partial charge in [0.05, 0.1) is 6.42 Å². The van der Waals surface area contributed by atoms with Crippen LogP contribution in [0.25, 0.3) is 0 Å². The van der Waals surface area contributed by atoms with Gasteiger partial charge in [0.15, 0.2) is 0 Å². The number of nitrogens with zero attached hydrogens (tertiary/aromatic N) is 2. The van der Waals surface area contributed by atoms with E-state index < -0.39 is 36.0 Å². The van der Waals surface area contributed by atoms with Gasteiger partial charge in [-0.25, -0.2) is 0 Å². The van der Waals surface area contributed by atoms with Crippen LogP contribution in [0.4, 0.5) is 0 Å². The maximum absolute atomic E-state index is 13.3. The number of rotatable bonds is 4. The van der Waals surface area contributed by atoms with E-state index in [1.807, 2.05) is 0 Å². The number of nitrogens with one attached hydrogen (secondary N) is 3. The molecule has 32 heavy (non-hydrogen) atoms. The Labute approximate surface area is 193 Å². The van der Waals surface area contributed by atoms with Crippen LogP contribution >= 0.6 is 12.6 Å². The normalized spacial score (nSPS) is 29.5. The maximum Gasteiger partial charge on any atom is 0.246 e. The first kappa shape index (κ1) is 24.3. The Bertz CT molecular complexity index is 766. The molecule has 5 amide bonds. The molecule has 0 spiro atoms. The topological polar surface area (TPSA) is 128 Å². The highest BCUT2D eigenvalue weighted by molar-refractivity contribution is 7.80. The molecule has 3 saturated heterocycles. The fraction of sp³-hybridized carbons (Fsp3) is 0.762. The van der Waals surface area contributed by atoms with E-state index in [2.05, 4.69) is 28.6 Å². The van der Waals surface area contributed by atoms with Crippen LogP contribution in [-0.2, 0) is 24.0 Å². The molecule has 0 aromatic heterocycles. The van der Waals surface area contributed by atoms with Crippen molar-refractivity contribution in [1.29, 1.82) is 0 Å². The summed E-state index contributed by atoms with van der Waals surface area (Å²) in [6.07, 6.45) is 2.14. The van der Waals surface area contributed by atoms with Crippen LogP contribution in [0.15, 0.2) is 0 Å². The first-order valence-corrected chi connectivity index (χ1v) is 12.0. The van der Waals surface area contributed by atoms with Crippen molar-refractivity contribution >= 4 is 42.2 Å². The third-order valence-electron chi connectivity index (χ3n) is 6.37. The van der Waals surface area contributed by atoms with E-state index in [4.69, 9.17) is 0 Å². The fourth-order valence-electron chi connectivity index (χ4n) is 4.67. The van der Waals surface area contributed by atoms with Crippen molar-refractivity contribution in [2.45, 2.75) is 70.1 Å². The monoisotopic (exact) mass is 467 g/mol. The summed E-state index contributed by atoms with van der Waals surface area (Å²) >= 11 is 4.08. The van der Waals surface area contributed by atoms with Gasteiger partial charge >= 0.3 is 0 Å². The summed E-state index contributed by atoms with van der Waals surface area (Å²) < 4.78 is 0. The van der Waals surface area contributed by atoms with E-state index in [-0.39, 0.29) is 36.6 Å². The first-order chi connectivity index (χ1) is 15.2. The van der Waals surface area contributed by atoms with Crippen molar-refractivity contribution in [3.8, 4) is 0 Å². The fourth-order valence-corrected chi connectivity index (χ4v) is 4.78. The average molecular weight is 468 g/mol. The molecule has 0 aromatic rings. The van der Waals surface area contributed by atoms with Gasteiger partial charge in [0.2, 0.25) is 29.5 Å². The van der Waals surface area contributed by atoms with Gasteiger partial charge in [0.1, 0.15) is 24.2 Å². The molecular formula is C21H33N5O5S. The molecule has 0 saturated carbocycles. The van der Waals surface area contributed by atoms with Gasteiger partial charge in [-0.3, -0.25) is 24.0 Å². The average Bonchev–Trinajstić information content (AvgIpc) is 3.43. The van der Waals surface area contributed by atoms with Gasteiger partial charge in [-0.1, -0.05) is 13.8 Å². The predicted octanol–water partition coefficient (Wildman–Crippen LogP) is -0.956. The molecule has 0 aliphatic carbocycles. The Balaban J connectivity index is 1.94. The molecule has 4 atom stereocenters. The molecule has 3 rings (SSSR count). The summed E-state index contributed by atoms with van der Waals surface area (Å²) in [5.41, 5.74) is 0. The summed E-state index contributed by atoms with van der Waals surface area (Å²) in [7, 11) is 0. The number of hydrogen-bond donors (Lipinski definition) is 4. The summed E-state index contributed by atoms with van der Waals surface area (Å²) in [6, 6.07) is -3.31. The molecule has 3 aliphatic heterocycles. The lowest BCUT2D eigenvalue weighted by Crippen LogP contribution is -2.58. The van der Waals surface area contributed by atoms with Crippen LogP contribution in [0.3, 0.4) is 0 Å². The maximum atomic E-state index is 13.3. The van der Waals surface area contributed by atoms with E-state index >= 15 is 0 Å². The Morgan fingerprint density at radius 3 is 2.34 bits per heavy atom. The van der Waals surface area contributed by atoms with Gasteiger partial charge < -0.3 is 25.8 Å². The summed E-state index contributed by atoms with van der Waals surface area (Å²) in [6.45, 7) is 4.72. The SMILES string of the molecule is CC(C)[C@@H]1NC(=O)[C@@H]2CCCN2C(=O)[C@H]2CCCN2C(=O)C[C@H](C(=O)NCCS)NC1=O. The standard InChI is InChI=1S/C21H33N5O5S/c1-12(2)17-20(30)23-13(18(28)22-7-10-32)11-16(27)25-8-4-6-15(25)21(31)26-9-3-5-14(26)19(29)24-17/h12-15,17,32H,3-11H2,1-2H3,(H,22,28)(H,23,30)(H,24,29)/t13-,14+,15-,17+/m1/s1. The molecule has 11 heteroatoms. The molecule has 3 heterocycles. The zero-order valence-corrected chi connectivity index (χ0v) is 19.5. The zero-order valence-electron chi connectivity index (χ0n) is 18.6. The first-order valence-electron chi connectivity index (χ1n) is 11.3. The molecule has 3 fully saturated rings. The van der Waals surface area contributed by atoms with Gasteiger partial charge in [-0.15, -0.1) is 0 Å². The third-order valence-corrected chi connectivity index (χ3v) is 6.59. The molecular weight excluding hydrogens is 434 g/mol. The van der Waals surface area contributed by atoms with Gasteiger partial charge in [0, 0.05) is 25.4 Å². The van der Waals surface area contributed by atoms with E-state index in [9.17, 15) is 24.0 Å². The lowest BCUT2D eigenvalue weighted by molar-refractivity contribution is -0.147. The van der Waals surface area contributed by atoms with Crippen LogP contribution in [0.2, 0.25) is 0 Å². The summed E-state index contributed by atoms with van der Waals surface area (Å²) in [5.74, 6) is -1.84. The summed E-state index contributed by atoms with van der Waals surface area (Å²) in [5, 5.41) is 8.10. The van der Waals surface area contributed by atoms with Crippen molar-refractivity contribution in [2.75, 3.05) is 25.4 Å². The van der Waals surface area contributed by atoms with Crippen LogP contribution in [0.5, 0.6) is 0 Å². The quantitative estimate of drug-likeness (QED) is 0.396. The number of hydrogen-bond acceptors (Lipinski definition) is 6. The highest BCUT2D eigenvalue weighted by atomic mass is 32.1. The van der Waals surface area contributed by atoms with Crippen LogP contribution in [0, 0.1) is 5.92 Å². The highest BCUT2D eigenvalue weighted by Crippen LogP contribution is 2.26. The molecule has 0 bridgehead atoms. The van der Waals surface area contributed by atoms with Gasteiger partial charge in [-0.05, 0) is 31.6 Å². The molecule has 10 nitrogen and oxygen atoms in total. The van der Waals surface area contributed by atoms with E-state index in [0.717, 1.165) is 0 Å². The van der Waals surface area contributed by atoms with Crippen LogP contribution in [-0.4, -0.2) is 88.9 Å². The lowest BCUT2D eigenvalue weighted by Gasteiger charge is -2.31. The number of thiol groups is 1. The Morgan fingerprint density at radius 1 is 1.03 bits per heavy atom. The second-order valence-electron chi connectivity index (χ2n) is 8.95. The molecule has 3 aliphatic rings. The van der Waals surface area contributed by atoms with E-state index in [1.54, 1.807) is 18.7 Å². The third kappa shape index (κ3) is 5.19. The summed E-state index contributed by atoms with van der Waals surface area (Å²) in [4.78, 5) is 68.3. The second kappa shape index (κ2) is 10.5. The zero-order chi connectivity index (χ0) is 23.4. The van der Waals surface area contributed by atoms with E-state index in [1.165, 1.54) is 4.90 Å². The molecule has 0 radical (unpaired) electrons.